The average molecular weight is 189 g/mol. The molecule has 0 heterocycles. The molecule has 13 heavy (non-hydrogen) atoms. The van der Waals surface area contributed by atoms with Crippen molar-refractivity contribution in [2.45, 2.75) is 13.0 Å². The van der Waals surface area contributed by atoms with Gasteiger partial charge in [0.1, 0.15) is 0 Å². The number of aliphatic hydroxyl groups is 2. The summed E-state index contributed by atoms with van der Waals surface area (Å²) < 4.78 is 4.39. The van der Waals surface area contributed by atoms with Crippen LogP contribution in [0.5, 0.6) is 0 Å². The zero-order chi connectivity index (χ0) is 10.3. The highest BCUT2D eigenvalue weighted by Crippen LogP contribution is 1.89. The Morgan fingerprint density at radius 2 is 2.31 bits per heavy atom. The number of methoxy groups -OCH3 is 1. The maximum Gasteiger partial charge on any atom is 0.332 e. The van der Waals surface area contributed by atoms with Gasteiger partial charge in [-0.25, -0.2) is 4.79 Å². The molecule has 0 aromatic heterocycles. The first kappa shape index (κ1) is 11.9. The van der Waals surface area contributed by atoms with Crippen molar-refractivity contribution in [2.75, 3.05) is 20.3 Å². The highest BCUT2D eigenvalue weighted by atomic mass is 16.5. The van der Waals surface area contributed by atoms with Crippen molar-refractivity contribution in [3.05, 3.63) is 11.8 Å². The van der Waals surface area contributed by atoms with Crippen LogP contribution in [0.3, 0.4) is 0 Å². The van der Waals surface area contributed by atoms with Crippen LogP contribution in [0.15, 0.2) is 11.8 Å². The number of rotatable bonds is 5. The van der Waals surface area contributed by atoms with Crippen LogP contribution in [-0.2, 0) is 9.53 Å². The molecule has 0 rings (SSSR count). The summed E-state index contributed by atoms with van der Waals surface area (Å²) in [5.41, 5.74) is 0.583. The van der Waals surface area contributed by atoms with Gasteiger partial charge in [-0.2, -0.15) is 0 Å². The van der Waals surface area contributed by atoms with Crippen molar-refractivity contribution in [3.8, 4) is 0 Å². The van der Waals surface area contributed by atoms with Crippen LogP contribution in [0.1, 0.15) is 6.92 Å². The van der Waals surface area contributed by atoms with E-state index in [1.165, 1.54) is 13.2 Å². The molecule has 0 aromatic carbocycles. The lowest BCUT2D eigenvalue weighted by Gasteiger charge is -2.09. The second-order valence-corrected chi connectivity index (χ2v) is 2.57. The van der Waals surface area contributed by atoms with E-state index in [1.807, 2.05) is 0 Å². The van der Waals surface area contributed by atoms with E-state index >= 15 is 0 Å². The zero-order valence-corrected chi connectivity index (χ0v) is 7.78. The molecule has 0 aliphatic carbocycles. The van der Waals surface area contributed by atoms with Crippen LogP contribution in [0.25, 0.3) is 0 Å². The normalized spacial score (nSPS) is 13.7. The molecule has 0 aliphatic rings. The van der Waals surface area contributed by atoms with Gasteiger partial charge in [-0.1, -0.05) is 0 Å². The van der Waals surface area contributed by atoms with E-state index in [0.29, 0.717) is 5.70 Å². The van der Waals surface area contributed by atoms with Crippen molar-refractivity contribution in [3.63, 3.8) is 0 Å². The lowest BCUT2D eigenvalue weighted by atomic mass is 10.3. The number of nitrogens with one attached hydrogen (secondary N) is 1. The molecule has 0 amide bonds. The molecule has 0 aromatic rings. The molecule has 1 unspecified atom stereocenters. The first-order chi connectivity index (χ1) is 6.10. The Balaban J connectivity index is 3.79. The molecule has 76 valence electrons. The Bertz CT molecular complexity index is 191. The molecular weight excluding hydrogens is 174 g/mol. The largest absolute Gasteiger partial charge is 0.466 e. The quantitative estimate of drug-likeness (QED) is 0.382. The summed E-state index contributed by atoms with van der Waals surface area (Å²) in [4.78, 5) is 10.7. The number of carbonyl (C=O) groups is 1. The zero-order valence-electron chi connectivity index (χ0n) is 7.78. The topological polar surface area (TPSA) is 78.8 Å². The van der Waals surface area contributed by atoms with Gasteiger partial charge in [0, 0.05) is 18.3 Å². The van der Waals surface area contributed by atoms with Crippen LogP contribution in [0.4, 0.5) is 0 Å². The molecule has 5 heteroatoms. The van der Waals surface area contributed by atoms with Gasteiger partial charge in [-0.05, 0) is 6.92 Å². The van der Waals surface area contributed by atoms with Gasteiger partial charge in [0.25, 0.3) is 0 Å². The predicted molar refractivity (Wildman–Crippen MR) is 46.9 cm³/mol. The summed E-state index contributed by atoms with van der Waals surface area (Å²) in [5, 5.41) is 20.2. The number of hydrogen-bond acceptors (Lipinski definition) is 5. The number of aliphatic hydroxyl groups excluding tert-OH is 2. The van der Waals surface area contributed by atoms with Gasteiger partial charge in [0.2, 0.25) is 0 Å². The molecule has 0 saturated heterocycles. The molecule has 0 aliphatic heterocycles. The van der Waals surface area contributed by atoms with Crippen LogP contribution in [-0.4, -0.2) is 42.5 Å². The second-order valence-electron chi connectivity index (χ2n) is 2.57. The van der Waals surface area contributed by atoms with Crippen molar-refractivity contribution < 1.29 is 19.7 Å². The Morgan fingerprint density at radius 1 is 1.69 bits per heavy atom. The molecule has 3 N–H and O–H groups in total. The van der Waals surface area contributed by atoms with Crippen LogP contribution in [0.2, 0.25) is 0 Å². The maximum atomic E-state index is 10.7. The molecule has 0 spiro atoms. The summed E-state index contributed by atoms with van der Waals surface area (Å²) in [6, 6.07) is 0. The van der Waals surface area contributed by atoms with Crippen molar-refractivity contribution in [2.24, 2.45) is 0 Å². The van der Waals surface area contributed by atoms with E-state index in [1.54, 1.807) is 6.92 Å². The number of hydrogen-bond donors (Lipinski definition) is 3. The van der Waals surface area contributed by atoms with Crippen molar-refractivity contribution in [1.82, 2.24) is 5.32 Å². The minimum Gasteiger partial charge on any atom is -0.466 e. The van der Waals surface area contributed by atoms with Crippen LogP contribution >= 0.6 is 0 Å². The summed E-state index contributed by atoms with van der Waals surface area (Å²) in [6.45, 7) is 1.56. The minimum atomic E-state index is -0.819. The number of carbonyl (C=O) groups excluding carboxylic acids is 1. The first-order valence-corrected chi connectivity index (χ1v) is 3.89. The number of allylic oxidation sites excluding steroid dienone is 1. The molecule has 5 nitrogen and oxygen atoms in total. The van der Waals surface area contributed by atoms with Gasteiger partial charge >= 0.3 is 5.97 Å². The van der Waals surface area contributed by atoms with Gasteiger partial charge in [-0.15, -0.1) is 0 Å². The maximum absolute atomic E-state index is 10.7. The first-order valence-electron chi connectivity index (χ1n) is 3.89. The summed E-state index contributed by atoms with van der Waals surface area (Å²) in [5.74, 6) is -0.455. The smallest absolute Gasteiger partial charge is 0.332 e. The monoisotopic (exact) mass is 189 g/mol. The standard InChI is InChI=1S/C8H15NO4/c1-6(3-8(12)13-2)9-4-7(11)5-10/h3,7,9-11H,4-5H2,1-2H3. The Hall–Kier alpha value is -1.07. The number of ether oxygens (including phenoxy) is 1. The molecule has 0 saturated carbocycles. The summed E-state index contributed by atoms with van der Waals surface area (Å²) >= 11 is 0. The van der Waals surface area contributed by atoms with E-state index < -0.39 is 12.1 Å². The van der Waals surface area contributed by atoms with E-state index in [0.717, 1.165) is 0 Å². The molecule has 0 fully saturated rings. The van der Waals surface area contributed by atoms with Gasteiger partial charge in [-0.3, -0.25) is 0 Å². The fourth-order valence-corrected chi connectivity index (χ4v) is 0.630. The van der Waals surface area contributed by atoms with Crippen molar-refractivity contribution >= 4 is 5.97 Å². The highest BCUT2D eigenvalue weighted by molar-refractivity contribution is 5.82. The fraction of sp³-hybridized carbons (Fsp3) is 0.625. The third-order valence-corrected chi connectivity index (χ3v) is 1.36. The Morgan fingerprint density at radius 3 is 2.77 bits per heavy atom. The fourth-order valence-electron chi connectivity index (χ4n) is 0.630. The van der Waals surface area contributed by atoms with E-state index in [2.05, 4.69) is 10.1 Å². The van der Waals surface area contributed by atoms with Crippen molar-refractivity contribution in [1.29, 1.82) is 0 Å². The van der Waals surface area contributed by atoms with Gasteiger partial charge in [0.15, 0.2) is 0 Å². The average Bonchev–Trinajstić information content (AvgIpc) is 2.13. The van der Waals surface area contributed by atoms with E-state index in [4.69, 9.17) is 10.2 Å². The molecule has 0 bridgehead atoms. The highest BCUT2D eigenvalue weighted by Gasteiger charge is 2.01. The Labute approximate surface area is 77.0 Å². The lowest BCUT2D eigenvalue weighted by molar-refractivity contribution is -0.134. The Kier molecular flexibility index (Phi) is 5.92. The second kappa shape index (κ2) is 6.45. The third-order valence-electron chi connectivity index (χ3n) is 1.36. The SMILES string of the molecule is COC(=O)C=C(C)NCC(O)CO. The summed E-state index contributed by atoms with van der Waals surface area (Å²) in [6.07, 6.45) is 0.449. The van der Waals surface area contributed by atoms with Gasteiger partial charge in [0.05, 0.1) is 19.8 Å². The van der Waals surface area contributed by atoms with Crippen LogP contribution < -0.4 is 5.32 Å². The third kappa shape index (κ3) is 6.12. The minimum absolute atomic E-state index is 0.204. The van der Waals surface area contributed by atoms with E-state index in [-0.39, 0.29) is 13.2 Å². The molecular formula is C8H15NO4. The summed E-state index contributed by atoms with van der Waals surface area (Å²) in [7, 11) is 1.29. The number of esters is 1. The van der Waals surface area contributed by atoms with Gasteiger partial charge < -0.3 is 20.3 Å². The molecule has 0 radical (unpaired) electrons. The van der Waals surface area contributed by atoms with Crippen LogP contribution in [0, 0.1) is 0 Å². The lowest BCUT2D eigenvalue weighted by Crippen LogP contribution is -2.28. The predicted octanol–water partition coefficient (Wildman–Crippen LogP) is -0.994. The van der Waals surface area contributed by atoms with E-state index in [9.17, 15) is 4.79 Å². The molecule has 1 atom stereocenters.